The number of rotatable bonds is 6. The van der Waals surface area contributed by atoms with Crippen molar-refractivity contribution in [3.8, 4) is 0 Å². The SMILES string of the molecule is CCC(CNC(=O)c1ccc2ncsc2c1)CC(=O)O. The van der Waals surface area contributed by atoms with Crippen LogP contribution in [0.3, 0.4) is 0 Å². The minimum atomic E-state index is -0.836. The Kier molecular flexibility index (Phi) is 4.68. The monoisotopic (exact) mass is 292 g/mol. The summed E-state index contributed by atoms with van der Waals surface area (Å²) in [4.78, 5) is 26.9. The van der Waals surface area contributed by atoms with Gasteiger partial charge in [-0.1, -0.05) is 13.3 Å². The second kappa shape index (κ2) is 6.47. The predicted molar refractivity (Wildman–Crippen MR) is 78.0 cm³/mol. The van der Waals surface area contributed by atoms with Crippen molar-refractivity contribution >= 4 is 33.4 Å². The first-order valence-corrected chi connectivity index (χ1v) is 7.31. The zero-order valence-electron chi connectivity index (χ0n) is 11.1. The normalized spacial score (nSPS) is 12.2. The fraction of sp³-hybridized carbons (Fsp3) is 0.357. The first-order valence-electron chi connectivity index (χ1n) is 6.43. The third-order valence-corrected chi connectivity index (χ3v) is 3.98. The molecule has 0 aliphatic rings. The summed E-state index contributed by atoms with van der Waals surface area (Å²) in [6.07, 6.45) is 0.797. The van der Waals surface area contributed by atoms with Gasteiger partial charge in [-0.25, -0.2) is 4.98 Å². The number of amides is 1. The van der Waals surface area contributed by atoms with Crippen LogP contribution in [0.15, 0.2) is 23.7 Å². The van der Waals surface area contributed by atoms with Crippen molar-refractivity contribution in [2.24, 2.45) is 5.92 Å². The number of carboxylic acids is 1. The van der Waals surface area contributed by atoms with Crippen molar-refractivity contribution in [2.45, 2.75) is 19.8 Å². The van der Waals surface area contributed by atoms with E-state index in [1.54, 1.807) is 17.6 Å². The predicted octanol–water partition coefficient (Wildman–Crippen LogP) is 2.53. The van der Waals surface area contributed by atoms with Crippen LogP contribution in [0.1, 0.15) is 30.1 Å². The number of benzene rings is 1. The van der Waals surface area contributed by atoms with Crippen LogP contribution in [0.4, 0.5) is 0 Å². The summed E-state index contributed by atoms with van der Waals surface area (Å²) >= 11 is 1.49. The Bertz CT molecular complexity index is 624. The van der Waals surface area contributed by atoms with Crippen molar-refractivity contribution in [3.05, 3.63) is 29.3 Å². The highest BCUT2D eigenvalue weighted by Gasteiger charge is 2.13. The zero-order valence-corrected chi connectivity index (χ0v) is 11.9. The number of fused-ring (bicyclic) bond motifs is 1. The maximum absolute atomic E-state index is 12.0. The van der Waals surface area contributed by atoms with Crippen LogP contribution in [0.25, 0.3) is 10.2 Å². The van der Waals surface area contributed by atoms with Crippen LogP contribution < -0.4 is 5.32 Å². The van der Waals surface area contributed by atoms with Crippen LogP contribution in [0.2, 0.25) is 0 Å². The molecule has 20 heavy (non-hydrogen) atoms. The highest BCUT2D eigenvalue weighted by molar-refractivity contribution is 7.16. The van der Waals surface area contributed by atoms with Gasteiger partial charge in [0.2, 0.25) is 0 Å². The number of aliphatic carboxylic acids is 1. The molecule has 1 atom stereocenters. The Morgan fingerprint density at radius 1 is 1.45 bits per heavy atom. The van der Waals surface area contributed by atoms with E-state index in [4.69, 9.17) is 5.11 Å². The van der Waals surface area contributed by atoms with Crippen molar-refractivity contribution in [1.29, 1.82) is 0 Å². The summed E-state index contributed by atoms with van der Waals surface area (Å²) in [5.41, 5.74) is 3.20. The van der Waals surface area contributed by atoms with Gasteiger partial charge in [0, 0.05) is 18.5 Å². The van der Waals surface area contributed by atoms with E-state index in [1.807, 2.05) is 13.0 Å². The van der Waals surface area contributed by atoms with Gasteiger partial charge < -0.3 is 10.4 Å². The highest BCUT2D eigenvalue weighted by Crippen LogP contribution is 2.19. The van der Waals surface area contributed by atoms with Gasteiger partial charge in [-0.2, -0.15) is 0 Å². The Morgan fingerprint density at radius 3 is 2.95 bits per heavy atom. The van der Waals surface area contributed by atoms with Crippen molar-refractivity contribution in [2.75, 3.05) is 6.54 Å². The van der Waals surface area contributed by atoms with Gasteiger partial charge >= 0.3 is 5.97 Å². The molecule has 106 valence electrons. The lowest BCUT2D eigenvalue weighted by Crippen LogP contribution is -2.30. The molecule has 1 aromatic heterocycles. The molecule has 0 saturated carbocycles. The second-order valence-corrected chi connectivity index (χ2v) is 5.50. The largest absolute Gasteiger partial charge is 0.481 e. The smallest absolute Gasteiger partial charge is 0.303 e. The van der Waals surface area contributed by atoms with Gasteiger partial charge in [-0.15, -0.1) is 11.3 Å². The minimum Gasteiger partial charge on any atom is -0.481 e. The van der Waals surface area contributed by atoms with Crippen LogP contribution in [-0.4, -0.2) is 28.5 Å². The van der Waals surface area contributed by atoms with Crippen molar-refractivity contribution in [1.82, 2.24) is 10.3 Å². The summed E-state index contributed by atoms with van der Waals surface area (Å²) in [5, 5.41) is 11.6. The average molecular weight is 292 g/mol. The molecular formula is C14H16N2O3S. The maximum Gasteiger partial charge on any atom is 0.303 e. The quantitative estimate of drug-likeness (QED) is 0.857. The third-order valence-electron chi connectivity index (χ3n) is 3.19. The third kappa shape index (κ3) is 3.54. The summed E-state index contributed by atoms with van der Waals surface area (Å²) < 4.78 is 0.968. The molecule has 2 rings (SSSR count). The molecule has 0 aliphatic heterocycles. The molecule has 1 unspecified atom stereocenters. The first kappa shape index (κ1) is 14.5. The van der Waals surface area contributed by atoms with E-state index in [9.17, 15) is 9.59 Å². The van der Waals surface area contributed by atoms with Crippen LogP contribution in [-0.2, 0) is 4.79 Å². The summed E-state index contributed by atoms with van der Waals surface area (Å²) in [6, 6.07) is 5.35. The molecule has 1 amide bonds. The molecule has 6 heteroatoms. The fourth-order valence-electron chi connectivity index (χ4n) is 1.94. The van der Waals surface area contributed by atoms with Crippen LogP contribution in [0, 0.1) is 5.92 Å². The molecule has 1 heterocycles. The molecule has 2 N–H and O–H groups in total. The minimum absolute atomic E-state index is 0.0383. The molecule has 2 aromatic rings. The van der Waals surface area contributed by atoms with Gasteiger partial charge in [-0.05, 0) is 24.1 Å². The second-order valence-electron chi connectivity index (χ2n) is 4.62. The molecule has 0 aliphatic carbocycles. The number of hydrogen-bond acceptors (Lipinski definition) is 4. The number of carbonyl (C=O) groups is 2. The average Bonchev–Trinajstić information content (AvgIpc) is 2.89. The van der Waals surface area contributed by atoms with E-state index in [2.05, 4.69) is 10.3 Å². The molecule has 0 radical (unpaired) electrons. The van der Waals surface area contributed by atoms with Crippen molar-refractivity contribution < 1.29 is 14.7 Å². The van der Waals surface area contributed by atoms with Gasteiger partial charge in [0.05, 0.1) is 15.7 Å². The topological polar surface area (TPSA) is 79.3 Å². The molecule has 0 spiro atoms. The van der Waals surface area contributed by atoms with E-state index >= 15 is 0 Å². The molecule has 0 fully saturated rings. The fourth-order valence-corrected chi connectivity index (χ4v) is 2.66. The number of hydrogen-bond donors (Lipinski definition) is 2. The first-order chi connectivity index (χ1) is 9.60. The lowest BCUT2D eigenvalue weighted by molar-refractivity contribution is -0.138. The van der Waals surface area contributed by atoms with E-state index < -0.39 is 5.97 Å². The maximum atomic E-state index is 12.0. The lowest BCUT2D eigenvalue weighted by Gasteiger charge is -2.13. The van der Waals surface area contributed by atoms with Gasteiger partial charge in [0.25, 0.3) is 5.91 Å². The number of aromatic nitrogens is 1. The van der Waals surface area contributed by atoms with E-state index in [-0.39, 0.29) is 18.2 Å². The highest BCUT2D eigenvalue weighted by atomic mass is 32.1. The van der Waals surface area contributed by atoms with Gasteiger partial charge in [0.1, 0.15) is 0 Å². The summed E-state index contributed by atoms with van der Waals surface area (Å²) in [7, 11) is 0. The summed E-state index contributed by atoms with van der Waals surface area (Å²) in [6.45, 7) is 2.30. The number of carboxylic acid groups (broad SMARTS) is 1. The Balaban J connectivity index is 1.98. The molecule has 1 aromatic carbocycles. The molecule has 0 bridgehead atoms. The number of nitrogens with zero attached hydrogens (tertiary/aromatic N) is 1. The standard InChI is InChI=1S/C14H16N2O3S/c1-2-9(5-13(17)18)7-15-14(19)10-3-4-11-12(6-10)20-8-16-11/h3-4,6,8-9H,2,5,7H2,1H3,(H,15,19)(H,17,18). The number of thiazole rings is 1. The van der Waals surface area contributed by atoms with E-state index in [1.165, 1.54) is 11.3 Å². The van der Waals surface area contributed by atoms with E-state index in [0.29, 0.717) is 12.1 Å². The lowest BCUT2D eigenvalue weighted by atomic mass is 10.0. The van der Waals surface area contributed by atoms with Crippen LogP contribution in [0.5, 0.6) is 0 Å². The Hall–Kier alpha value is -1.95. The molecule has 0 saturated heterocycles. The molecular weight excluding hydrogens is 276 g/mol. The number of carbonyl (C=O) groups excluding carboxylic acids is 1. The van der Waals surface area contributed by atoms with Crippen LogP contribution >= 0.6 is 11.3 Å². The van der Waals surface area contributed by atoms with Crippen molar-refractivity contribution in [3.63, 3.8) is 0 Å². The Labute approximate surface area is 120 Å². The number of nitrogens with one attached hydrogen (secondary N) is 1. The molecule has 5 nitrogen and oxygen atoms in total. The van der Waals surface area contributed by atoms with Gasteiger partial charge in [-0.3, -0.25) is 9.59 Å². The Morgan fingerprint density at radius 2 is 2.25 bits per heavy atom. The van der Waals surface area contributed by atoms with E-state index in [0.717, 1.165) is 16.6 Å². The summed E-state index contributed by atoms with van der Waals surface area (Å²) in [5.74, 6) is -1.05. The zero-order chi connectivity index (χ0) is 14.5. The van der Waals surface area contributed by atoms with Gasteiger partial charge in [0.15, 0.2) is 0 Å².